The smallest absolute Gasteiger partial charge is 0.431 e. The number of alkyl halides is 3. The molecular weight excluding hydrogens is 371 g/mol. The van der Waals surface area contributed by atoms with Crippen LogP contribution in [0.2, 0.25) is 0 Å². The number of aromatic carboxylic acids is 1. The van der Waals surface area contributed by atoms with E-state index in [2.05, 4.69) is 10.2 Å². The minimum atomic E-state index is -4.67. The molecular formula is C16H12F3N3O3S. The van der Waals surface area contributed by atoms with Gasteiger partial charge in [0.05, 0.1) is 7.11 Å². The Morgan fingerprint density at radius 3 is 2.46 bits per heavy atom. The standard InChI is InChI=1S/C16H12F3N3O3S/c1-25-10-4-2-9(3-5-10)8-26-15-21-20-13-11(14(23)24)6-7-12(22(13)15)16(17,18)19/h2-7H,8H2,1H3,(H,23,24). The molecule has 0 unspecified atom stereocenters. The number of carboxylic acid groups (broad SMARTS) is 1. The third-order valence-corrected chi connectivity index (χ3v) is 4.57. The van der Waals surface area contributed by atoms with Gasteiger partial charge in [0.2, 0.25) is 0 Å². The Kier molecular flexibility index (Phi) is 4.77. The molecule has 136 valence electrons. The third-order valence-electron chi connectivity index (χ3n) is 3.57. The topological polar surface area (TPSA) is 76.7 Å². The van der Waals surface area contributed by atoms with Crippen molar-refractivity contribution in [2.24, 2.45) is 0 Å². The number of hydrogen-bond acceptors (Lipinski definition) is 5. The largest absolute Gasteiger partial charge is 0.497 e. The third kappa shape index (κ3) is 3.45. The highest BCUT2D eigenvalue weighted by molar-refractivity contribution is 7.98. The number of ether oxygens (including phenoxy) is 1. The predicted molar refractivity (Wildman–Crippen MR) is 87.5 cm³/mol. The van der Waals surface area contributed by atoms with E-state index in [1.54, 1.807) is 24.3 Å². The van der Waals surface area contributed by atoms with Crippen molar-refractivity contribution < 1.29 is 27.8 Å². The Labute approximate surface area is 149 Å². The zero-order chi connectivity index (χ0) is 18.9. The molecule has 1 N–H and O–H groups in total. The molecule has 0 saturated heterocycles. The second-order valence-electron chi connectivity index (χ2n) is 5.21. The average Bonchev–Trinajstić information content (AvgIpc) is 3.02. The number of benzene rings is 1. The van der Waals surface area contributed by atoms with Crippen LogP contribution >= 0.6 is 11.8 Å². The van der Waals surface area contributed by atoms with Crippen LogP contribution in [0.5, 0.6) is 5.75 Å². The molecule has 2 aromatic heterocycles. The van der Waals surface area contributed by atoms with E-state index in [0.717, 1.165) is 33.9 Å². The number of carboxylic acids is 1. The fourth-order valence-corrected chi connectivity index (χ4v) is 3.22. The highest BCUT2D eigenvalue weighted by Gasteiger charge is 2.35. The molecule has 0 amide bonds. The van der Waals surface area contributed by atoms with Crippen LogP contribution in [0, 0.1) is 0 Å². The van der Waals surface area contributed by atoms with Crippen molar-refractivity contribution >= 4 is 23.4 Å². The molecule has 6 nitrogen and oxygen atoms in total. The summed E-state index contributed by atoms with van der Waals surface area (Å²) < 4.78 is 45.7. The van der Waals surface area contributed by atoms with Crippen LogP contribution < -0.4 is 4.74 Å². The second kappa shape index (κ2) is 6.87. The van der Waals surface area contributed by atoms with Crippen LogP contribution in [0.25, 0.3) is 5.65 Å². The van der Waals surface area contributed by atoms with E-state index in [0.29, 0.717) is 11.5 Å². The van der Waals surface area contributed by atoms with Gasteiger partial charge in [-0.3, -0.25) is 4.40 Å². The minimum Gasteiger partial charge on any atom is -0.497 e. The Bertz CT molecular complexity index is 955. The van der Waals surface area contributed by atoms with Crippen molar-refractivity contribution in [2.45, 2.75) is 17.1 Å². The molecule has 10 heteroatoms. The van der Waals surface area contributed by atoms with E-state index in [9.17, 15) is 18.0 Å². The molecule has 0 aliphatic carbocycles. The van der Waals surface area contributed by atoms with Crippen molar-refractivity contribution in [3.05, 3.63) is 53.2 Å². The average molecular weight is 383 g/mol. The molecule has 0 bridgehead atoms. The lowest BCUT2D eigenvalue weighted by molar-refractivity contribution is -0.142. The van der Waals surface area contributed by atoms with Crippen LogP contribution in [0.15, 0.2) is 41.6 Å². The zero-order valence-electron chi connectivity index (χ0n) is 13.3. The van der Waals surface area contributed by atoms with Gasteiger partial charge in [0.1, 0.15) is 17.0 Å². The van der Waals surface area contributed by atoms with E-state index in [1.165, 1.54) is 7.11 Å². The lowest BCUT2D eigenvalue weighted by Crippen LogP contribution is -2.14. The molecule has 26 heavy (non-hydrogen) atoms. The number of carbonyl (C=O) groups is 1. The maximum atomic E-state index is 13.3. The molecule has 0 spiro atoms. The molecule has 0 atom stereocenters. The second-order valence-corrected chi connectivity index (χ2v) is 6.16. The molecule has 0 aliphatic heterocycles. The molecule has 0 radical (unpaired) electrons. The Balaban J connectivity index is 1.99. The van der Waals surface area contributed by atoms with Crippen LogP contribution in [-0.4, -0.2) is 32.8 Å². The number of thioether (sulfide) groups is 1. The van der Waals surface area contributed by atoms with Crippen LogP contribution in [-0.2, 0) is 11.9 Å². The SMILES string of the molecule is COc1ccc(CSc2nnc3c(C(=O)O)ccc(C(F)(F)F)n23)cc1. The van der Waals surface area contributed by atoms with Gasteiger partial charge in [-0.2, -0.15) is 13.2 Å². The summed E-state index contributed by atoms with van der Waals surface area (Å²) in [5.74, 6) is -0.376. The maximum absolute atomic E-state index is 13.3. The lowest BCUT2D eigenvalue weighted by atomic mass is 10.2. The number of fused-ring (bicyclic) bond motifs is 1. The van der Waals surface area contributed by atoms with Gasteiger partial charge in [-0.1, -0.05) is 23.9 Å². The van der Waals surface area contributed by atoms with Crippen molar-refractivity contribution in [1.29, 1.82) is 0 Å². The number of methoxy groups -OCH3 is 1. The fraction of sp³-hybridized carbons (Fsp3) is 0.188. The van der Waals surface area contributed by atoms with Crippen LogP contribution in [0.4, 0.5) is 13.2 Å². The van der Waals surface area contributed by atoms with E-state index >= 15 is 0 Å². The summed E-state index contributed by atoms with van der Waals surface area (Å²) in [5.41, 5.74) is -0.874. The van der Waals surface area contributed by atoms with Gasteiger partial charge in [-0.25, -0.2) is 4.79 Å². The lowest BCUT2D eigenvalue weighted by Gasteiger charge is -2.12. The van der Waals surface area contributed by atoms with Gasteiger partial charge in [0, 0.05) is 5.75 Å². The van der Waals surface area contributed by atoms with Crippen molar-refractivity contribution in [2.75, 3.05) is 7.11 Å². The number of hydrogen-bond donors (Lipinski definition) is 1. The molecule has 0 aliphatic rings. The quantitative estimate of drug-likeness (QED) is 0.677. The first-order chi connectivity index (χ1) is 12.3. The highest BCUT2D eigenvalue weighted by atomic mass is 32.2. The number of halogens is 3. The molecule has 0 fully saturated rings. The molecule has 1 aromatic carbocycles. The monoisotopic (exact) mass is 383 g/mol. The van der Waals surface area contributed by atoms with Crippen molar-refractivity contribution in [3.63, 3.8) is 0 Å². The zero-order valence-corrected chi connectivity index (χ0v) is 14.1. The summed E-state index contributed by atoms with van der Waals surface area (Å²) in [4.78, 5) is 11.2. The van der Waals surface area contributed by atoms with Crippen LogP contribution in [0.1, 0.15) is 21.6 Å². The summed E-state index contributed by atoms with van der Waals surface area (Å²) in [6, 6.07) is 8.64. The van der Waals surface area contributed by atoms with Gasteiger partial charge in [-0.15, -0.1) is 10.2 Å². The van der Waals surface area contributed by atoms with Gasteiger partial charge in [0.25, 0.3) is 0 Å². The minimum absolute atomic E-state index is 0.0359. The van der Waals surface area contributed by atoms with Crippen LogP contribution in [0.3, 0.4) is 0 Å². The number of rotatable bonds is 5. The van der Waals surface area contributed by atoms with E-state index in [-0.39, 0.29) is 16.4 Å². The first-order valence-corrected chi connectivity index (χ1v) is 8.24. The Morgan fingerprint density at radius 1 is 1.19 bits per heavy atom. The van der Waals surface area contributed by atoms with E-state index < -0.39 is 17.8 Å². The van der Waals surface area contributed by atoms with Gasteiger partial charge in [-0.05, 0) is 29.8 Å². The predicted octanol–water partition coefficient (Wildman–Crippen LogP) is 3.75. The van der Waals surface area contributed by atoms with Gasteiger partial charge < -0.3 is 9.84 Å². The Morgan fingerprint density at radius 2 is 1.88 bits per heavy atom. The highest BCUT2D eigenvalue weighted by Crippen LogP contribution is 2.33. The number of aromatic nitrogens is 3. The van der Waals surface area contributed by atoms with Crippen molar-refractivity contribution in [1.82, 2.24) is 14.6 Å². The van der Waals surface area contributed by atoms with Crippen molar-refractivity contribution in [3.8, 4) is 5.75 Å². The Hall–Kier alpha value is -2.75. The first kappa shape index (κ1) is 18.1. The number of nitrogens with zero attached hydrogens (tertiary/aromatic N) is 3. The first-order valence-electron chi connectivity index (χ1n) is 7.25. The molecule has 0 saturated carbocycles. The summed E-state index contributed by atoms with van der Waals surface area (Å²) >= 11 is 1.03. The molecule has 3 aromatic rings. The normalized spacial score (nSPS) is 11.7. The number of pyridine rings is 1. The van der Waals surface area contributed by atoms with E-state index in [1.807, 2.05) is 0 Å². The van der Waals surface area contributed by atoms with E-state index in [4.69, 9.17) is 9.84 Å². The summed E-state index contributed by atoms with van der Waals surface area (Å²) in [5, 5.41) is 16.5. The van der Waals surface area contributed by atoms with Gasteiger partial charge >= 0.3 is 12.1 Å². The fourth-order valence-electron chi connectivity index (χ4n) is 2.32. The molecule has 2 heterocycles. The van der Waals surface area contributed by atoms with Gasteiger partial charge in [0.15, 0.2) is 10.8 Å². The summed E-state index contributed by atoms with van der Waals surface area (Å²) in [6.45, 7) is 0. The molecule has 3 rings (SSSR count). The summed E-state index contributed by atoms with van der Waals surface area (Å²) in [7, 11) is 1.53. The summed E-state index contributed by atoms with van der Waals surface area (Å²) in [6.07, 6.45) is -4.67. The maximum Gasteiger partial charge on any atom is 0.431 e.